The van der Waals surface area contributed by atoms with Crippen LogP contribution in [0.1, 0.15) is 18.4 Å². The smallest absolute Gasteiger partial charge is 0.408 e. The van der Waals surface area contributed by atoms with Gasteiger partial charge in [0.1, 0.15) is 12.6 Å². The second-order valence-corrected chi connectivity index (χ2v) is 4.59. The van der Waals surface area contributed by atoms with Gasteiger partial charge in [-0.25, -0.2) is 4.79 Å². The Morgan fingerprint density at radius 1 is 1.35 bits per heavy atom. The van der Waals surface area contributed by atoms with Crippen molar-refractivity contribution in [2.45, 2.75) is 25.5 Å². The molecule has 0 saturated carbocycles. The highest BCUT2D eigenvalue weighted by molar-refractivity contribution is 6.01. The van der Waals surface area contributed by atoms with Gasteiger partial charge in [0, 0.05) is 13.5 Å². The summed E-state index contributed by atoms with van der Waals surface area (Å²) >= 11 is 0. The summed E-state index contributed by atoms with van der Waals surface area (Å²) in [5, 5.41) is 2.49. The van der Waals surface area contributed by atoms with Crippen molar-refractivity contribution in [1.29, 1.82) is 0 Å². The molecule has 0 spiro atoms. The number of nitrogens with one attached hydrogen (secondary N) is 1. The number of amides is 3. The minimum absolute atomic E-state index is 0.141. The van der Waals surface area contributed by atoms with E-state index in [2.05, 4.69) is 5.32 Å². The Morgan fingerprint density at radius 3 is 2.75 bits per heavy atom. The monoisotopic (exact) mass is 276 g/mol. The van der Waals surface area contributed by atoms with Crippen LogP contribution >= 0.6 is 0 Å². The molecule has 6 nitrogen and oxygen atoms in total. The van der Waals surface area contributed by atoms with E-state index in [1.807, 2.05) is 30.3 Å². The van der Waals surface area contributed by atoms with Gasteiger partial charge in [0.25, 0.3) is 5.91 Å². The first-order valence-electron chi connectivity index (χ1n) is 6.35. The van der Waals surface area contributed by atoms with Crippen LogP contribution in [0.3, 0.4) is 0 Å². The van der Waals surface area contributed by atoms with Gasteiger partial charge in [-0.1, -0.05) is 30.3 Å². The van der Waals surface area contributed by atoms with Gasteiger partial charge in [0.2, 0.25) is 5.91 Å². The maximum absolute atomic E-state index is 11.8. The van der Waals surface area contributed by atoms with Gasteiger partial charge < -0.3 is 10.1 Å². The van der Waals surface area contributed by atoms with Crippen molar-refractivity contribution < 1.29 is 19.1 Å². The van der Waals surface area contributed by atoms with E-state index >= 15 is 0 Å². The number of alkyl carbamates (subject to hydrolysis) is 1. The van der Waals surface area contributed by atoms with Crippen LogP contribution in [0.2, 0.25) is 0 Å². The van der Waals surface area contributed by atoms with Crippen molar-refractivity contribution in [1.82, 2.24) is 10.2 Å². The summed E-state index contributed by atoms with van der Waals surface area (Å²) in [7, 11) is 1.41. The van der Waals surface area contributed by atoms with Crippen LogP contribution in [0.25, 0.3) is 0 Å². The van der Waals surface area contributed by atoms with Crippen molar-refractivity contribution in [3.05, 3.63) is 35.9 Å². The molecule has 1 heterocycles. The maximum atomic E-state index is 11.8. The number of ether oxygens (including phenoxy) is 1. The summed E-state index contributed by atoms with van der Waals surface area (Å²) in [6.07, 6.45) is -0.108. The molecule has 1 aliphatic rings. The van der Waals surface area contributed by atoms with Crippen LogP contribution in [-0.2, 0) is 20.9 Å². The number of hydrogen-bond acceptors (Lipinski definition) is 4. The SMILES string of the molecule is CN1C(=O)CC[C@H](NC(=O)OCc2ccccc2)C1=O. The molecule has 1 saturated heterocycles. The number of likely N-dealkylation sites (tertiary alicyclic amines) is 1. The normalized spacial score (nSPS) is 18.9. The van der Waals surface area contributed by atoms with Gasteiger partial charge in [-0.15, -0.1) is 0 Å². The molecule has 1 atom stereocenters. The Bertz CT molecular complexity index is 515. The average Bonchev–Trinajstić information content (AvgIpc) is 2.47. The van der Waals surface area contributed by atoms with Crippen LogP contribution in [0.4, 0.5) is 4.79 Å². The Morgan fingerprint density at radius 2 is 2.05 bits per heavy atom. The summed E-state index contributed by atoms with van der Waals surface area (Å²) in [5.74, 6) is -0.636. The Labute approximate surface area is 116 Å². The van der Waals surface area contributed by atoms with Crippen LogP contribution in [-0.4, -0.2) is 35.9 Å². The minimum Gasteiger partial charge on any atom is -0.445 e. The average molecular weight is 276 g/mol. The maximum Gasteiger partial charge on any atom is 0.408 e. The van der Waals surface area contributed by atoms with E-state index in [4.69, 9.17) is 4.74 Å². The standard InChI is InChI=1S/C14H16N2O4/c1-16-12(17)8-7-11(13(16)18)15-14(19)20-9-10-5-3-2-4-6-10/h2-6,11H,7-9H2,1H3,(H,15,19)/t11-/m0/s1. The number of imide groups is 1. The zero-order valence-corrected chi connectivity index (χ0v) is 11.2. The van der Waals surface area contributed by atoms with Crippen molar-refractivity contribution in [3.63, 3.8) is 0 Å². The highest BCUT2D eigenvalue weighted by Crippen LogP contribution is 2.11. The highest BCUT2D eigenvalue weighted by Gasteiger charge is 2.32. The molecule has 2 rings (SSSR count). The van der Waals surface area contributed by atoms with E-state index in [1.54, 1.807) is 0 Å². The molecule has 0 aromatic heterocycles. The van der Waals surface area contributed by atoms with Gasteiger partial charge in [0.15, 0.2) is 0 Å². The quantitative estimate of drug-likeness (QED) is 0.838. The number of rotatable bonds is 3. The lowest BCUT2D eigenvalue weighted by Crippen LogP contribution is -2.52. The second-order valence-electron chi connectivity index (χ2n) is 4.59. The fraction of sp³-hybridized carbons (Fsp3) is 0.357. The zero-order chi connectivity index (χ0) is 14.5. The minimum atomic E-state index is -0.694. The molecule has 106 valence electrons. The molecule has 0 unspecified atom stereocenters. The number of piperidine rings is 1. The van der Waals surface area contributed by atoms with Gasteiger partial charge in [-0.05, 0) is 12.0 Å². The number of benzene rings is 1. The molecule has 0 aliphatic carbocycles. The number of likely N-dealkylation sites (N-methyl/N-ethyl adjacent to an activating group) is 1. The van der Waals surface area contributed by atoms with E-state index in [0.29, 0.717) is 6.42 Å². The lowest BCUT2D eigenvalue weighted by atomic mass is 10.1. The Hall–Kier alpha value is -2.37. The van der Waals surface area contributed by atoms with Gasteiger partial charge in [-0.2, -0.15) is 0 Å². The summed E-state index contributed by atoms with van der Waals surface area (Å²) in [6, 6.07) is 8.55. The van der Waals surface area contributed by atoms with Gasteiger partial charge in [0.05, 0.1) is 0 Å². The predicted octanol–water partition coefficient (Wildman–Crippen LogP) is 1.06. The summed E-state index contributed by atoms with van der Waals surface area (Å²) < 4.78 is 5.04. The van der Waals surface area contributed by atoms with Crippen LogP contribution < -0.4 is 5.32 Å². The van der Waals surface area contributed by atoms with Crippen molar-refractivity contribution in [3.8, 4) is 0 Å². The third-order valence-electron chi connectivity index (χ3n) is 3.15. The molecular weight excluding hydrogens is 260 g/mol. The summed E-state index contributed by atoms with van der Waals surface area (Å²) in [6.45, 7) is 0.141. The predicted molar refractivity (Wildman–Crippen MR) is 70.6 cm³/mol. The molecule has 1 aliphatic heterocycles. The largest absolute Gasteiger partial charge is 0.445 e. The molecule has 1 N–H and O–H groups in total. The van der Waals surface area contributed by atoms with Crippen molar-refractivity contribution in [2.24, 2.45) is 0 Å². The molecule has 6 heteroatoms. The summed E-state index contributed by atoms with van der Waals surface area (Å²) in [4.78, 5) is 35.8. The first-order valence-corrected chi connectivity index (χ1v) is 6.35. The molecule has 1 aromatic carbocycles. The fourth-order valence-corrected chi connectivity index (χ4v) is 1.96. The van der Waals surface area contributed by atoms with E-state index < -0.39 is 18.0 Å². The molecule has 20 heavy (non-hydrogen) atoms. The van der Waals surface area contributed by atoms with Gasteiger partial charge >= 0.3 is 6.09 Å². The lowest BCUT2D eigenvalue weighted by molar-refractivity contribution is -0.147. The van der Waals surface area contributed by atoms with Crippen LogP contribution in [0.15, 0.2) is 30.3 Å². The molecule has 1 aromatic rings. The third-order valence-corrected chi connectivity index (χ3v) is 3.15. The number of nitrogens with zero attached hydrogens (tertiary/aromatic N) is 1. The van der Waals surface area contributed by atoms with Gasteiger partial charge in [-0.3, -0.25) is 14.5 Å². The highest BCUT2D eigenvalue weighted by atomic mass is 16.5. The molecular formula is C14H16N2O4. The zero-order valence-electron chi connectivity index (χ0n) is 11.2. The first-order chi connectivity index (χ1) is 9.58. The molecule has 1 fully saturated rings. The lowest BCUT2D eigenvalue weighted by Gasteiger charge is -2.27. The molecule has 0 bridgehead atoms. The first kappa shape index (κ1) is 14.0. The molecule has 3 amide bonds. The third kappa shape index (κ3) is 3.34. The van der Waals surface area contributed by atoms with E-state index in [-0.39, 0.29) is 18.9 Å². The van der Waals surface area contributed by atoms with E-state index in [9.17, 15) is 14.4 Å². The summed E-state index contributed by atoms with van der Waals surface area (Å²) in [5.41, 5.74) is 0.866. The molecule has 0 radical (unpaired) electrons. The number of carbonyl (C=O) groups is 3. The van der Waals surface area contributed by atoms with Crippen LogP contribution in [0, 0.1) is 0 Å². The number of hydrogen-bond donors (Lipinski definition) is 1. The Balaban J connectivity index is 1.83. The van der Waals surface area contributed by atoms with E-state index in [1.165, 1.54) is 7.05 Å². The number of carbonyl (C=O) groups excluding carboxylic acids is 3. The second kappa shape index (κ2) is 6.18. The van der Waals surface area contributed by atoms with Crippen molar-refractivity contribution in [2.75, 3.05) is 7.05 Å². The van der Waals surface area contributed by atoms with E-state index in [0.717, 1.165) is 10.5 Å². The van der Waals surface area contributed by atoms with Crippen LogP contribution in [0.5, 0.6) is 0 Å². The van der Waals surface area contributed by atoms with Crippen molar-refractivity contribution >= 4 is 17.9 Å². The fourth-order valence-electron chi connectivity index (χ4n) is 1.96. The topological polar surface area (TPSA) is 75.7 Å². The Kier molecular flexibility index (Phi) is 4.34.